The van der Waals surface area contributed by atoms with Crippen molar-refractivity contribution in [2.45, 2.75) is 12.8 Å². The molecule has 7 rings (SSSR count). The van der Waals surface area contributed by atoms with Crippen molar-refractivity contribution >= 4 is 33.2 Å². The first-order valence-corrected chi connectivity index (χ1v) is 13.0. The van der Waals surface area contributed by atoms with Crippen LogP contribution in [0.1, 0.15) is 17.5 Å². The van der Waals surface area contributed by atoms with E-state index in [0.29, 0.717) is 0 Å². The SMILES string of the molecule is C=C(Cc1ccccc1)Nc1cncc(-c2ccc3[nH]nc(-c4cc5c(C6=CCC=C6)ccnc5[nH]4)c3c2)c1. The second-order valence-electron chi connectivity index (χ2n) is 9.79. The van der Waals surface area contributed by atoms with Crippen LogP contribution in [0.2, 0.25) is 0 Å². The van der Waals surface area contributed by atoms with E-state index in [1.807, 2.05) is 36.8 Å². The largest absolute Gasteiger partial charge is 0.358 e. The number of hydrogen-bond acceptors (Lipinski definition) is 4. The van der Waals surface area contributed by atoms with Crippen molar-refractivity contribution in [1.29, 1.82) is 0 Å². The molecule has 6 aromatic rings. The zero-order valence-corrected chi connectivity index (χ0v) is 21.3. The van der Waals surface area contributed by atoms with Gasteiger partial charge in [0.1, 0.15) is 11.3 Å². The van der Waals surface area contributed by atoms with Crippen molar-refractivity contribution in [3.05, 3.63) is 127 Å². The first-order chi connectivity index (χ1) is 19.2. The molecule has 0 spiro atoms. The van der Waals surface area contributed by atoms with Gasteiger partial charge in [-0.25, -0.2) is 4.98 Å². The van der Waals surface area contributed by atoms with E-state index >= 15 is 0 Å². The number of anilines is 1. The fourth-order valence-electron chi connectivity index (χ4n) is 5.22. The molecule has 6 heteroatoms. The Morgan fingerprint density at radius 1 is 0.949 bits per heavy atom. The van der Waals surface area contributed by atoms with Gasteiger partial charge in [-0.1, -0.05) is 61.2 Å². The van der Waals surface area contributed by atoms with Crippen molar-refractivity contribution in [2.24, 2.45) is 0 Å². The Bertz CT molecular complexity index is 1910. The number of benzene rings is 2. The number of aromatic nitrogens is 5. The number of pyridine rings is 2. The summed E-state index contributed by atoms with van der Waals surface area (Å²) in [5.74, 6) is 0. The second kappa shape index (κ2) is 9.58. The van der Waals surface area contributed by atoms with E-state index in [-0.39, 0.29) is 0 Å². The lowest BCUT2D eigenvalue weighted by molar-refractivity contribution is 1.12. The molecule has 4 aromatic heterocycles. The van der Waals surface area contributed by atoms with Gasteiger partial charge in [0.25, 0.3) is 0 Å². The summed E-state index contributed by atoms with van der Waals surface area (Å²) in [5.41, 5.74) is 11.2. The molecule has 0 fully saturated rings. The highest BCUT2D eigenvalue weighted by molar-refractivity contribution is 6.00. The van der Waals surface area contributed by atoms with Gasteiger partial charge in [0, 0.05) is 40.8 Å². The topological polar surface area (TPSA) is 82.3 Å². The molecule has 0 atom stereocenters. The van der Waals surface area contributed by atoms with E-state index in [1.54, 1.807) is 0 Å². The highest BCUT2D eigenvalue weighted by atomic mass is 15.1. The summed E-state index contributed by atoms with van der Waals surface area (Å²) >= 11 is 0. The maximum atomic E-state index is 4.67. The monoisotopic (exact) mass is 506 g/mol. The van der Waals surface area contributed by atoms with Crippen molar-refractivity contribution in [1.82, 2.24) is 25.1 Å². The van der Waals surface area contributed by atoms with Crippen LogP contribution in [-0.4, -0.2) is 25.1 Å². The van der Waals surface area contributed by atoms with E-state index < -0.39 is 0 Å². The van der Waals surface area contributed by atoms with Crippen LogP contribution in [0, 0.1) is 0 Å². The molecule has 1 aliphatic rings. The molecule has 2 aromatic carbocycles. The van der Waals surface area contributed by atoms with E-state index in [4.69, 9.17) is 0 Å². The van der Waals surface area contributed by atoms with E-state index in [9.17, 15) is 0 Å². The predicted molar refractivity (Wildman–Crippen MR) is 159 cm³/mol. The zero-order chi connectivity index (χ0) is 26.2. The lowest BCUT2D eigenvalue weighted by Crippen LogP contribution is -2.02. The molecule has 39 heavy (non-hydrogen) atoms. The molecule has 0 unspecified atom stereocenters. The van der Waals surface area contributed by atoms with Crippen LogP contribution in [0.15, 0.2) is 116 Å². The smallest absolute Gasteiger partial charge is 0.138 e. The molecule has 0 amide bonds. The third-order valence-corrected chi connectivity index (χ3v) is 7.09. The lowest BCUT2D eigenvalue weighted by atomic mass is 10.0. The van der Waals surface area contributed by atoms with Crippen LogP contribution in [-0.2, 0) is 6.42 Å². The molecule has 6 nitrogen and oxygen atoms in total. The van der Waals surface area contributed by atoms with Gasteiger partial charge in [0.2, 0.25) is 0 Å². The number of H-pyrrole nitrogens is 2. The van der Waals surface area contributed by atoms with Gasteiger partial charge in [-0.05, 0) is 59.0 Å². The van der Waals surface area contributed by atoms with Crippen molar-refractivity contribution in [3.63, 3.8) is 0 Å². The van der Waals surface area contributed by atoms with Crippen LogP contribution < -0.4 is 5.32 Å². The van der Waals surface area contributed by atoms with Crippen molar-refractivity contribution < 1.29 is 0 Å². The predicted octanol–water partition coefficient (Wildman–Crippen LogP) is 7.68. The number of nitrogens with zero attached hydrogens (tertiary/aromatic N) is 3. The van der Waals surface area contributed by atoms with E-state index in [1.165, 1.54) is 16.7 Å². The third-order valence-electron chi connectivity index (χ3n) is 7.09. The molecule has 0 bridgehead atoms. The zero-order valence-electron chi connectivity index (χ0n) is 21.3. The normalized spacial score (nSPS) is 12.8. The van der Waals surface area contributed by atoms with Crippen LogP contribution in [0.4, 0.5) is 5.69 Å². The molecule has 0 saturated carbocycles. The first-order valence-electron chi connectivity index (χ1n) is 13.0. The van der Waals surface area contributed by atoms with Crippen LogP contribution in [0.5, 0.6) is 0 Å². The number of allylic oxidation sites excluding steroid dienone is 5. The molecular formula is C33H26N6. The summed E-state index contributed by atoms with van der Waals surface area (Å²) in [6, 6.07) is 23.0. The molecule has 4 heterocycles. The Morgan fingerprint density at radius 3 is 2.74 bits per heavy atom. The molecular weight excluding hydrogens is 480 g/mol. The van der Waals surface area contributed by atoms with Gasteiger partial charge in [0.05, 0.1) is 23.1 Å². The second-order valence-corrected chi connectivity index (χ2v) is 9.79. The van der Waals surface area contributed by atoms with Gasteiger partial charge >= 0.3 is 0 Å². The molecule has 188 valence electrons. The summed E-state index contributed by atoms with van der Waals surface area (Å²) in [5, 5.41) is 13.4. The maximum Gasteiger partial charge on any atom is 0.138 e. The van der Waals surface area contributed by atoms with Gasteiger partial charge in [-0.15, -0.1) is 0 Å². The Kier molecular flexibility index (Phi) is 5.63. The Balaban J connectivity index is 1.21. The number of hydrogen-bond donors (Lipinski definition) is 3. The lowest BCUT2D eigenvalue weighted by Gasteiger charge is -2.11. The quantitative estimate of drug-likeness (QED) is 0.207. The summed E-state index contributed by atoms with van der Waals surface area (Å²) < 4.78 is 0. The Hall–Kier alpha value is -5.23. The summed E-state index contributed by atoms with van der Waals surface area (Å²) in [4.78, 5) is 12.6. The minimum atomic E-state index is 0.754. The van der Waals surface area contributed by atoms with Crippen LogP contribution in [0.25, 0.3) is 50.0 Å². The first kappa shape index (κ1) is 22.9. The Labute approximate surface area is 225 Å². The number of rotatable bonds is 7. The average molecular weight is 507 g/mol. The molecule has 3 N–H and O–H groups in total. The van der Waals surface area contributed by atoms with Crippen LogP contribution >= 0.6 is 0 Å². The maximum absolute atomic E-state index is 4.67. The molecule has 0 radical (unpaired) electrons. The number of fused-ring (bicyclic) bond motifs is 2. The Morgan fingerprint density at radius 2 is 1.87 bits per heavy atom. The van der Waals surface area contributed by atoms with Gasteiger partial charge in [-0.2, -0.15) is 5.10 Å². The molecule has 1 aliphatic carbocycles. The fraction of sp³-hybridized carbons (Fsp3) is 0.0606. The summed E-state index contributed by atoms with van der Waals surface area (Å²) in [7, 11) is 0. The number of aromatic amines is 2. The highest BCUT2D eigenvalue weighted by Gasteiger charge is 2.16. The molecule has 0 aliphatic heterocycles. The minimum Gasteiger partial charge on any atom is -0.358 e. The van der Waals surface area contributed by atoms with Gasteiger partial charge < -0.3 is 10.3 Å². The summed E-state index contributed by atoms with van der Waals surface area (Å²) in [6.07, 6.45) is 13.9. The van der Waals surface area contributed by atoms with E-state index in [0.717, 1.165) is 68.7 Å². The standard InChI is InChI=1S/C33H26N6/c1-21(15-22-7-3-2-4-8-22)36-26-16-25(19-34-20-26)24-11-12-30-29(17-24)32(39-38-30)31-18-28-27(23-9-5-6-10-23)13-14-35-33(28)37-31/h2-5,7-14,16-20,36H,1,6,15H2,(H,35,37)(H,38,39). The van der Waals surface area contributed by atoms with Gasteiger partial charge in [-0.3, -0.25) is 10.1 Å². The van der Waals surface area contributed by atoms with Crippen molar-refractivity contribution in [2.75, 3.05) is 5.32 Å². The van der Waals surface area contributed by atoms with Gasteiger partial charge in [0.15, 0.2) is 0 Å². The van der Waals surface area contributed by atoms with Crippen molar-refractivity contribution in [3.8, 4) is 22.5 Å². The minimum absolute atomic E-state index is 0.754. The van der Waals surface area contributed by atoms with Crippen LogP contribution in [0.3, 0.4) is 0 Å². The molecule has 0 saturated heterocycles. The third kappa shape index (κ3) is 4.42. The summed E-state index contributed by atoms with van der Waals surface area (Å²) in [6.45, 7) is 4.21. The average Bonchev–Trinajstić information content (AvgIpc) is 3.73. The highest BCUT2D eigenvalue weighted by Crippen LogP contribution is 2.34. The van der Waals surface area contributed by atoms with E-state index in [2.05, 4.69) is 104 Å². The number of nitrogens with one attached hydrogen (secondary N) is 3. The fourth-order valence-corrected chi connectivity index (χ4v) is 5.22.